The Morgan fingerprint density at radius 1 is 1.28 bits per heavy atom. The molecule has 0 unspecified atom stereocenters. The van der Waals surface area contributed by atoms with Gasteiger partial charge in [-0.1, -0.05) is 26.0 Å². The van der Waals surface area contributed by atoms with E-state index in [1.54, 1.807) is 12.1 Å². The average Bonchev–Trinajstić information content (AvgIpc) is 2.38. The molecule has 0 aliphatic carbocycles. The van der Waals surface area contributed by atoms with Crippen LogP contribution in [-0.2, 0) is 11.2 Å². The Labute approximate surface area is 109 Å². The molecule has 0 radical (unpaired) electrons. The number of methoxy groups -OCH3 is 1. The fraction of sp³-hybridized carbons (Fsp3) is 0.533. The van der Waals surface area contributed by atoms with Gasteiger partial charge in [-0.3, -0.25) is 0 Å². The third kappa shape index (κ3) is 4.49. The highest BCUT2D eigenvalue weighted by molar-refractivity contribution is 5.89. The summed E-state index contributed by atoms with van der Waals surface area (Å²) in [5.41, 5.74) is 1.78. The molecule has 0 aromatic heterocycles. The fourth-order valence-corrected chi connectivity index (χ4v) is 1.78. The Hall–Kier alpha value is -1.35. The number of aliphatic hydroxyl groups is 1. The maximum Gasteiger partial charge on any atom is 0.337 e. The monoisotopic (exact) mass is 250 g/mol. The first-order valence-corrected chi connectivity index (χ1v) is 6.26. The van der Waals surface area contributed by atoms with E-state index in [4.69, 9.17) is 5.11 Å². The third-order valence-corrected chi connectivity index (χ3v) is 3.12. The lowest BCUT2D eigenvalue weighted by molar-refractivity contribution is 0.0600. The minimum atomic E-state index is -0.303. The molecule has 1 aromatic rings. The second-order valence-corrected chi connectivity index (χ2v) is 5.36. The van der Waals surface area contributed by atoms with Crippen LogP contribution in [0.5, 0.6) is 0 Å². The van der Waals surface area contributed by atoms with E-state index in [1.165, 1.54) is 12.7 Å². The number of benzene rings is 1. The van der Waals surface area contributed by atoms with E-state index in [0.717, 1.165) is 19.3 Å². The van der Waals surface area contributed by atoms with E-state index >= 15 is 0 Å². The van der Waals surface area contributed by atoms with Crippen molar-refractivity contribution in [3.8, 4) is 0 Å². The maximum absolute atomic E-state index is 11.3. The van der Waals surface area contributed by atoms with Gasteiger partial charge < -0.3 is 9.84 Å². The topological polar surface area (TPSA) is 46.5 Å². The Morgan fingerprint density at radius 3 is 2.39 bits per heavy atom. The van der Waals surface area contributed by atoms with Crippen molar-refractivity contribution >= 4 is 5.97 Å². The van der Waals surface area contributed by atoms with Crippen molar-refractivity contribution in [2.24, 2.45) is 5.41 Å². The van der Waals surface area contributed by atoms with E-state index in [-0.39, 0.29) is 18.0 Å². The van der Waals surface area contributed by atoms with Crippen LogP contribution in [0.3, 0.4) is 0 Å². The number of carbonyl (C=O) groups is 1. The van der Waals surface area contributed by atoms with Crippen molar-refractivity contribution in [3.05, 3.63) is 35.4 Å². The number of aryl methyl sites for hydroxylation is 1. The molecular formula is C15H22O3. The highest BCUT2D eigenvalue weighted by Crippen LogP contribution is 2.22. The van der Waals surface area contributed by atoms with Crippen molar-refractivity contribution < 1.29 is 14.6 Å². The Kier molecular flexibility index (Phi) is 5.35. The number of aliphatic hydroxyl groups excluding tert-OH is 1. The van der Waals surface area contributed by atoms with E-state index < -0.39 is 0 Å². The number of hydrogen-bond donors (Lipinski definition) is 1. The van der Waals surface area contributed by atoms with E-state index in [2.05, 4.69) is 18.6 Å². The third-order valence-electron chi connectivity index (χ3n) is 3.12. The summed E-state index contributed by atoms with van der Waals surface area (Å²) in [5.74, 6) is -0.303. The van der Waals surface area contributed by atoms with Gasteiger partial charge in [0.15, 0.2) is 0 Å². The van der Waals surface area contributed by atoms with Gasteiger partial charge in [0.2, 0.25) is 0 Å². The summed E-state index contributed by atoms with van der Waals surface area (Å²) >= 11 is 0. The molecule has 0 saturated heterocycles. The van der Waals surface area contributed by atoms with Crippen molar-refractivity contribution in [2.45, 2.75) is 33.1 Å². The molecule has 1 N–H and O–H groups in total. The summed E-state index contributed by atoms with van der Waals surface area (Å²) in [7, 11) is 1.38. The second kappa shape index (κ2) is 6.55. The van der Waals surface area contributed by atoms with Gasteiger partial charge in [-0.25, -0.2) is 4.79 Å². The number of esters is 1. The molecule has 0 fully saturated rings. The normalized spacial score (nSPS) is 11.3. The van der Waals surface area contributed by atoms with Gasteiger partial charge in [-0.05, 0) is 42.4 Å². The molecule has 0 heterocycles. The minimum Gasteiger partial charge on any atom is -0.465 e. The Morgan fingerprint density at radius 2 is 1.89 bits per heavy atom. The maximum atomic E-state index is 11.3. The standard InChI is InChI=1S/C15H22O3/c1-15(2,11-16)10-4-5-12-6-8-13(9-7-12)14(17)18-3/h6-9,16H,4-5,10-11H2,1-3H3. The van der Waals surface area contributed by atoms with Gasteiger partial charge in [0.1, 0.15) is 0 Å². The molecule has 18 heavy (non-hydrogen) atoms. The zero-order chi connectivity index (χ0) is 13.6. The Balaban J connectivity index is 2.47. The number of carbonyl (C=O) groups excluding carboxylic acids is 1. The van der Waals surface area contributed by atoms with E-state index in [9.17, 15) is 4.79 Å². The van der Waals surface area contributed by atoms with Gasteiger partial charge in [0.25, 0.3) is 0 Å². The zero-order valence-electron chi connectivity index (χ0n) is 11.4. The molecule has 0 spiro atoms. The van der Waals surface area contributed by atoms with Crippen molar-refractivity contribution in [1.82, 2.24) is 0 Å². The molecule has 1 rings (SSSR count). The first kappa shape index (κ1) is 14.7. The highest BCUT2D eigenvalue weighted by Gasteiger charge is 2.15. The molecular weight excluding hydrogens is 228 g/mol. The van der Waals surface area contributed by atoms with Crippen LogP contribution < -0.4 is 0 Å². The van der Waals surface area contributed by atoms with Gasteiger partial charge in [0, 0.05) is 6.61 Å². The summed E-state index contributed by atoms with van der Waals surface area (Å²) in [4.78, 5) is 11.3. The van der Waals surface area contributed by atoms with Crippen LogP contribution >= 0.6 is 0 Å². The summed E-state index contributed by atoms with van der Waals surface area (Å²) in [6.45, 7) is 4.34. The SMILES string of the molecule is COC(=O)c1ccc(CCCC(C)(C)CO)cc1. The molecule has 100 valence electrons. The molecule has 1 aromatic carbocycles. The molecule has 0 aliphatic heterocycles. The molecule has 0 bridgehead atoms. The number of ether oxygens (including phenoxy) is 1. The van der Waals surface area contributed by atoms with Crippen LogP contribution in [0.25, 0.3) is 0 Å². The van der Waals surface area contributed by atoms with E-state index in [1.807, 2.05) is 12.1 Å². The molecule has 3 heteroatoms. The summed E-state index contributed by atoms with van der Waals surface area (Å²) in [6.07, 6.45) is 2.98. The summed E-state index contributed by atoms with van der Waals surface area (Å²) in [5, 5.41) is 9.16. The van der Waals surface area contributed by atoms with Gasteiger partial charge in [-0.15, -0.1) is 0 Å². The van der Waals surface area contributed by atoms with Crippen molar-refractivity contribution in [1.29, 1.82) is 0 Å². The largest absolute Gasteiger partial charge is 0.465 e. The summed E-state index contributed by atoms with van der Waals surface area (Å²) < 4.78 is 4.65. The number of hydrogen-bond acceptors (Lipinski definition) is 3. The molecule has 0 saturated carbocycles. The van der Waals surface area contributed by atoms with Gasteiger partial charge in [0.05, 0.1) is 12.7 Å². The predicted molar refractivity (Wildman–Crippen MR) is 71.6 cm³/mol. The van der Waals surface area contributed by atoms with Crippen LogP contribution in [0.2, 0.25) is 0 Å². The van der Waals surface area contributed by atoms with E-state index in [0.29, 0.717) is 5.56 Å². The first-order chi connectivity index (χ1) is 8.48. The van der Waals surface area contributed by atoms with Crippen LogP contribution in [0, 0.1) is 5.41 Å². The lowest BCUT2D eigenvalue weighted by atomic mass is 9.87. The first-order valence-electron chi connectivity index (χ1n) is 6.26. The van der Waals surface area contributed by atoms with Crippen LogP contribution in [0.1, 0.15) is 42.6 Å². The smallest absolute Gasteiger partial charge is 0.337 e. The zero-order valence-corrected chi connectivity index (χ0v) is 11.4. The van der Waals surface area contributed by atoms with Crippen molar-refractivity contribution in [3.63, 3.8) is 0 Å². The van der Waals surface area contributed by atoms with Crippen LogP contribution in [0.4, 0.5) is 0 Å². The molecule has 0 aliphatic rings. The van der Waals surface area contributed by atoms with Crippen molar-refractivity contribution in [2.75, 3.05) is 13.7 Å². The van der Waals surface area contributed by atoms with Gasteiger partial charge >= 0.3 is 5.97 Å². The second-order valence-electron chi connectivity index (χ2n) is 5.36. The summed E-state index contributed by atoms with van der Waals surface area (Å²) in [6, 6.07) is 7.49. The Bertz CT molecular complexity index is 379. The average molecular weight is 250 g/mol. The van der Waals surface area contributed by atoms with Crippen LogP contribution in [0.15, 0.2) is 24.3 Å². The lowest BCUT2D eigenvalue weighted by Gasteiger charge is -2.21. The predicted octanol–water partition coefficient (Wildman–Crippen LogP) is 2.81. The highest BCUT2D eigenvalue weighted by atomic mass is 16.5. The van der Waals surface area contributed by atoms with Gasteiger partial charge in [-0.2, -0.15) is 0 Å². The lowest BCUT2D eigenvalue weighted by Crippen LogP contribution is -2.16. The molecule has 0 amide bonds. The minimum absolute atomic E-state index is 0.00798. The molecule has 3 nitrogen and oxygen atoms in total. The van der Waals surface area contributed by atoms with Crippen LogP contribution in [-0.4, -0.2) is 24.8 Å². The fourth-order valence-electron chi connectivity index (χ4n) is 1.78. The quantitative estimate of drug-likeness (QED) is 0.790. The molecule has 0 atom stereocenters. The number of rotatable bonds is 6.